The summed E-state index contributed by atoms with van der Waals surface area (Å²) in [5, 5.41) is 0. The van der Waals surface area contributed by atoms with Crippen molar-refractivity contribution in [3.05, 3.63) is 354 Å². The molecule has 0 amide bonds. The summed E-state index contributed by atoms with van der Waals surface area (Å²) in [6, 6.07) is 80.1. The maximum Gasteiger partial charge on any atom is 0.207 e. The summed E-state index contributed by atoms with van der Waals surface area (Å²) in [6.07, 6.45) is 12.5. The quantitative estimate of drug-likeness (QED) is 0.147. The molecule has 12 aromatic carbocycles. The fourth-order valence-electron chi connectivity index (χ4n) is 15.7. The van der Waals surface area contributed by atoms with E-state index in [0.717, 1.165) is 155 Å². The van der Waals surface area contributed by atoms with Crippen LogP contribution in [0.1, 0.15) is 167 Å². The standard InChI is InChI=1S/2C17H18O2S.2C15H14O2S.2C15H14/c1-3-12-5-7-14-11-15-8-6-13(4-2)10-17(15)20(18,19)16(14)9-12;1-3-12-8-9-14-11-15-13(4-2)6-5-7-16(15)20(18,19)17(14)10-12;1-2-11-7-5-9-15-13(11)10-12-6-3-4-8-14(12)18(15,16)17;1-2-11-7-8-13-10-12-5-3-4-6-14(12)18(16,17)15(13)9-11;1-2-11-7-5-9-14-13-8-4-3-6-12(13)10-15(11)14;1-2-11-7-8-13-10-12-5-3-4-6-14(12)15(13)9-11/h2*5-10H,3-4,11H2,1-2H3;2*3-9H,2,10H2,1H3;2*3-9H,2,10H2,1H3. The minimum Gasteiger partial charge on any atom is -0.218 e. The van der Waals surface area contributed by atoms with Gasteiger partial charge in [0.15, 0.2) is 0 Å². The molecule has 0 aromatic heterocycles. The van der Waals surface area contributed by atoms with Gasteiger partial charge >= 0.3 is 0 Å². The molecule has 6 aliphatic rings. The van der Waals surface area contributed by atoms with Crippen LogP contribution in [-0.2, 0) is 129 Å². The van der Waals surface area contributed by atoms with E-state index < -0.39 is 39.3 Å². The Kier molecular flexibility index (Phi) is 22.2. The van der Waals surface area contributed by atoms with E-state index in [2.05, 4.69) is 113 Å². The van der Waals surface area contributed by atoms with Gasteiger partial charge < -0.3 is 0 Å². The normalized spacial score (nSPS) is 14.7. The van der Waals surface area contributed by atoms with Gasteiger partial charge in [0.05, 0.1) is 39.2 Å². The van der Waals surface area contributed by atoms with E-state index in [0.29, 0.717) is 52.0 Å². The van der Waals surface area contributed by atoms with E-state index in [1.54, 1.807) is 42.0 Å². The molecule has 8 nitrogen and oxygen atoms in total. The summed E-state index contributed by atoms with van der Waals surface area (Å²) in [5.74, 6) is 0. The summed E-state index contributed by atoms with van der Waals surface area (Å²) in [6.45, 7) is 16.7. The molecule has 106 heavy (non-hydrogen) atoms. The minimum absolute atomic E-state index is 0.464. The lowest BCUT2D eigenvalue weighted by atomic mass is 9.97. The van der Waals surface area contributed by atoms with Crippen LogP contribution in [-0.4, -0.2) is 33.7 Å². The van der Waals surface area contributed by atoms with Crippen LogP contribution in [0.4, 0.5) is 0 Å². The van der Waals surface area contributed by atoms with Crippen molar-refractivity contribution in [2.45, 2.75) is 184 Å². The van der Waals surface area contributed by atoms with Gasteiger partial charge in [-0.15, -0.1) is 0 Å². The molecule has 540 valence electrons. The molecule has 4 heterocycles. The van der Waals surface area contributed by atoms with Gasteiger partial charge in [0.2, 0.25) is 39.3 Å². The third-order valence-electron chi connectivity index (χ3n) is 21.7. The lowest BCUT2D eigenvalue weighted by molar-refractivity contribution is 0.589. The van der Waals surface area contributed by atoms with Gasteiger partial charge in [-0.3, -0.25) is 0 Å². The zero-order chi connectivity index (χ0) is 74.7. The van der Waals surface area contributed by atoms with Crippen LogP contribution >= 0.6 is 0 Å². The second kappa shape index (κ2) is 31.5. The Bertz CT molecular complexity index is 5680. The summed E-state index contributed by atoms with van der Waals surface area (Å²) < 4.78 is 102. The van der Waals surface area contributed by atoms with Gasteiger partial charge in [-0.25, -0.2) is 33.7 Å². The monoisotopic (exact) mass is 1480 g/mol. The second-order valence-electron chi connectivity index (χ2n) is 27.9. The molecule has 0 spiro atoms. The first kappa shape index (κ1) is 74.7. The molecule has 0 saturated carbocycles. The first-order valence-electron chi connectivity index (χ1n) is 37.4. The van der Waals surface area contributed by atoms with E-state index in [1.165, 1.54) is 50.1 Å². The highest BCUT2D eigenvalue weighted by atomic mass is 32.2. The van der Waals surface area contributed by atoms with Crippen molar-refractivity contribution in [1.82, 2.24) is 0 Å². The SMILES string of the molecule is CCc1ccc2c(c1)-c1ccccc1C2.CCc1ccc2c(c1)S(=O)(=O)c1cc(CC)ccc1C2.CCc1ccc2c(c1)S(=O)(=O)c1cccc(CC)c1C2.CCc1ccc2c(c1)S(=O)(=O)c1ccccc1C2.CCc1cccc2c1Cc1ccccc1-2.CCc1cccc2c1Cc1ccccc1S2(=O)=O. The van der Waals surface area contributed by atoms with Crippen molar-refractivity contribution in [3.63, 3.8) is 0 Å². The molecule has 0 saturated heterocycles. The van der Waals surface area contributed by atoms with Gasteiger partial charge in [0.1, 0.15) is 0 Å². The Labute approximate surface area is 629 Å². The predicted molar refractivity (Wildman–Crippen MR) is 429 cm³/mol. The van der Waals surface area contributed by atoms with E-state index in [4.69, 9.17) is 0 Å². The molecular weight excluding hydrogens is 1390 g/mol. The van der Waals surface area contributed by atoms with Gasteiger partial charge in [-0.1, -0.05) is 250 Å². The first-order valence-corrected chi connectivity index (χ1v) is 43.4. The molecule has 0 bridgehead atoms. The maximum atomic E-state index is 12.8. The van der Waals surface area contributed by atoms with Crippen LogP contribution in [0.3, 0.4) is 0 Å². The highest BCUT2D eigenvalue weighted by Crippen LogP contribution is 2.43. The number of rotatable bonds is 8. The number of fused-ring (bicyclic) bond motifs is 14. The van der Waals surface area contributed by atoms with Crippen molar-refractivity contribution < 1.29 is 33.7 Å². The van der Waals surface area contributed by atoms with Gasteiger partial charge in [0, 0.05) is 25.7 Å². The summed E-state index contributed by atoms with van der Waals surface area (Å²) >= 11 is 0. The molecule has 12 heteroatoms. The fraction of sp³-hybridized carbons (Fsp3) is 0.234. The molecule has 0 unspecified atom stereocenters. The molecular formula is C94H92O8S4. The Morgan fingerprint density at radius 2 is 0.453 bits per heavy atom. The van der Waals surface area contributed by atoms with Crippen LogP contribution < -0.4 is 0 Å². The third-order valence-corrected chi connectivity index (χ3v) is 29.5. The number of benzene rings is 12. The lowest BCUT2D eigenvalue weighted by Crippen LogP contribution is -2.16. The van der Waals surface area contributed by atoms with Crippen molar-refractivity contribution in [2.75, 3.05) is 0 Å². The van der Waals surface area contributed by atoms with Crippen molar-refractivity contribution in [1.29, 1.82) is 0 Å². The largest absolute Gasteiger partial charge is 0.218 e. The van der Waals surface area contributed by atoms with Crippen molar-refractivity contribution in [2.24, 2.45) is 0 Å². The predicted octanol–water partition coefficient (Wildman–Crippen LogP) is 20.7. The smallest absolute Gasteiger partial charge is 0.207 e. The highest BCUT2D eigenvalue weighted by Gasteiger charge is 2.34. The molecule has 0 fully saturated rings. The Balaban J connectivity index is 0.000000113. The van der Waals surface area contributed by atoms with Crippen molar-refractivity contribution >= 4 is 39.3 Å². The second-order valence-corrected chi connectivity index (χ2v) is 35.5. The molecule has 0 N–H and O–H groups in total. The number of hydrogen-bond donors (Lipinski definition) is 0. The third kappa shape index (κ3) is 14.6. The molecule has 18 rings (SSSR count). The van der Waals surface area contributed by atoms with Crippen LogP contribution in [0.25, 0.3) is 22.3 Å². The van der Waals surface area contributed by atoms with Gasteiger partial charge in [-0.2, -0.15) is 0 Å². The highest BCUT2D eigenvalue weighted by molar-refractivity contribution is 7.92. The molecule has 2 aliphatic carbocycles. The summed E-state index contributed by atoms with van der Waals surface area (Å²) in [4.78, 5) is 3.89. The zero-order valence-corrected chi connectivity index (χ0v) is 65.2. The number of sulfone groups is 4. The van der Waals surface area contributed by atoms with E-state index in [-0.39, 0.29) is 0 Å². The molecule has 4 aliphatic heterocycles. The lowest BCUT2D eigenvalue weighted by Gasteiger charge is -2.22. The molecule has 12 aromatic rings. The van der Waals surface area contributed by atoms with Gasteiger partial charge in [0.25, 0.3) is 0 Å². The van der Waals surface area contributed by atoms with Gasteiger partial charge in [-0.05, 0) is 246 Å². The molecule has 0 atom stereocenters. The Morgan fingerprint density at radius 1 is 0.198 bits per heavy atom. The Hall–Kier alpha value is -9.56. The first-order chi connectivity index (χ1) is 51.2. The zero-order valence-electron chi connectivity index (χ0n) is 61.9. The Morgan fingerprint density at radius 3 is 0.877 bits per heavy atom. The maximum absolute atomic E-state index is 12.8. The fourth-order valence-corrected chi connectivity index (χ4v) is 22.9. The summed E-state index contributed by atoms with van der Waals surface area (Å²) in [7, 11) is -13.4. The van der Waals surface area contributed by atoms with Crippen LogP contribution in [0.5, 0.6) is 0 Å². The van der Waals surface area contributed by atoms with Crippen LogP contribution in [0.15, 0.2) is 282 Å². The van der Waals surface area contributed by atoms with E-state index in [1.807, 2.05) is 149 Å². The van der Waals surface area contributed by atoms with E-state index in [9.17, 15) is 33.7 Å². The van der Waals surface area contributed by atoms with Crippen LogP contribution in [0, 0.1) is 0 Å². The van der Waals surface area contributed by atoms with E-state index >= 15 is 0 Å². The number of hydrogen-bond acceptors (Lipinski definition) is 8. The van der Waals surface area contributed by atoms with Crippen molar-refractivity contribution in [3.8, 4) is 22.3 Å². The summed E-state index contributed by atoms with van der Waals surface area (Å²) in [5.41, 5.74) is 28.6. The average Bonchev–Trinajstić information content (AvgIpc) is 1.25. The van der Waals surface area contributed by atoms with Crippen LogP contribution in [0.2, 0.25) is 0 Å². The molecule has 0 radical (unpaired) electrons. The topological polar surface area (TPSA) is 137 Å². The number of aryl methyl sites for hydroxylation is 8. The average molecular weight is 1480 g/mol. The minimum atomic E-state index is -3.37.